The van der Waals surface area contributed by atoms with Crippen molar-refractivity contribution in [3.8, 4) is 0 Å². The van der Waals surface area contributed by atoms with Crippen LogP contribution in [0.1, 0.15) is 0 Å². The van der Waals surface area contributed by atoms with Crippen LogP contribution in [0.25, 0.3) is 0 Å². The van der Waals surface area contributed by atoms with Crippen LogP contribution in [-0.2, 0) is 13.6 Å². The summed E-state index contributed by atoms with van der Waals surface area (Å²) in [5, 5.41) is 8.33. The Labute approximate surface area is 59.8 Å². The lowest BCUT2D eigenvalue weighted by atomic mass is 10.6. The number of hydrogen-bond donors (Lipinski definition) is 1. The molecule has 0 bridgehead atoms. The molecule has 54 valence electrons. The van der Waals surface area contributed by atoms with Crippen molar-refractivity contribution in [2.24, 2.45) is 7.05 Å². The van der Waals surface area contributed by atoms with Crippen molar-refractivity contribution in [1.82, 2.24) is 4.57 Å². The van der Waals surface area contributed by atoms with Gasteiger partial charge in [-0.2, -0.15) is 0 Å². The second kappa shape index (κ2) is 3.06. The molecule has 0 saturated carbocycles. The zero-order chi connectivity index (χ0) is 7.40. The minimum absolute atomic E-state index is 0.720. The molecule has 1 aromatic rings. The Kier molecular flexibility index (Phi) is 2.10. The Balaban J connectivity index is 2.58. The summed E-state index contributed by atoms with van der Waals surface area (Å²) < 4.78 is 3.91. The van der Waals surface area contributed by atoms with Gasteiger partial charge in [0.25, 0.3) is 0 Å². The van der Waals surface area contributed by atoms with E-state index in [1.54, 1.807) is 6.08 Å². The van der Waals surface area contributed by atoms with Gasteiger partial charge in [0.05, 0.1) is 13.3 Å². The highest BCUT2D eigenvalue weighted by Gasteiger charge is 1.94. The van der Waals surface area contributed by atoms with Crippen molar-refractivity contribution in [3.05, 3.63) is 31.1 Å². The first-order chi connectivity index (χ1) is 4.83. The molecular formula is C7H11N2O+. The third kappa shape index (κ3) is 1.62. The highest BCUT2D eigenvalue weighted by Crippen LogP contribution is 1.83. The summed E-state index contributed by atoms with van der Waals surface area (Å²) in [6.07, 6.45) is 8.57. The van der Waals surface area contributed by atoms with E-state index in [2.05, 4.69) is 0 Å². The summed E-state index contributed by atoms with van der Waals surface area (Å²) >= 11 is 0. The van der Waals surface area contributed by atoms with Crippen molar-refractivity contribution < 1.29 is 9.67 Å². The predicted molar refractivity (Wildman–Crippen MR) is 37.4 cm³/mol. The fraction of sp³-hybridized carbons (Fsp3) is 0.286. The van der Waals surface area contributed by atoms with E-state index in [-0.39, 0.29) is 0 Å². The Morgan fingerprint density at radius 2 is 2.50 bits per heavy atom. The second-order valence-corrected chi connectivity index (χ2v) is 2.16. The largest absolute Gasteiger partial charge is 0.516 e. The van der Waals surface area contributed by atoms with Gasteiger partial charge in [-0.25, -0.2) is 9.13 Å². The van der Waals surface area contributed by atoms with Crippen LogP contribution < -0.4 is 4.57 Å². The molecule has 3 heteroatoms. The zero-order valence-corrected chi connectivity index (χ0v) is 5.94. The smallest absolute Gasteiger partial charge is 0.243 e. The molecule has 1 aromatic heterocycles. The summed E-state index contributed by atoms with van der Waals surface area (Å²) in [6, 6.07) is 0. The molecule has 0 unspecified atom stereocenters. The number of aliphatic hydroxyl groups excluding tert-OH is 1. The lowest BCUT2D eigenvalue weighted by Crippen LogP contribution is -2.23. The molecule has 0 atom stereocenters. The van der Waals surface area contributed by atoms with Gasteiger partial charge < -0.3 is 5.11 Å². The molecule has 0 aliphatic carbocycles. The van der Waals surface area contributed by atoms with Crippen LogP contribution in [-0.4, -0.2) is 9.67 Å². The second-order valence-electron chi connectivity index (χ2n) is 2.16. The molecule has 0 aromatic carbocycles. The predicted octanol–water partition coefficient (Wildman–Crippen LogP) is 0.384. The highest BCUT2D eigenvalue weighted by molar-refractivity contribution is 4.76. The third-order valence-corrected chi connectivity index (χ3v) is 1.25. The number of nitrogens with zero attached hydrogens (tertiary/aromatic N) is 2. The van der Waals surface area contributed by atoms with Crippen LogP contribution >= 0.6 is 0 Å². The standard InChI is InChI=1S/C7H10N2O/c1-8-4-5-9(7-8)3-2-6-10/h2,4-7H,3H2,1H3/p+1. The molecule has 1 N–H and O–H groups in total. The Bertz CT molecular complexity index is 227. The molecule has 3 nitrogen and oxygen atoms in total. The number of allylic oxidation sites excluding steroid dienone is 1. The fourth-order valence-corrected chi connectivity index (χ4v) is 0.779. The van der Waals surface area contributed by atoms with Gasteiger partial charge >= 0.3 is 0 Å². The average Bonchev–Trinajstić information content (AvgIpc) is 2.31. The van der Waals surface area contributed by atoms with Crippen LogP contribution in [0.3, 0.4) is 0 Å². The van der Waals surface area contributed by atoms with Gasteiger partial charge in [0.2, 0.25) is 6.33 Å². The number of hydrogen-bond acceptors (Lipinski definition) is 1. The first-order valence-electron chi connectivity index (χ1n) is 3.13. The molecule has 0 aliphatic rings. The van der Waals surface area contributed by atoms with Gasteiger partial charge in [-0.15, -0.1) is 0 Å². The molecule has 0 fully saturated rings. The van der Waals surface area contributed by atoms with E-state index in [1.807, 2.05) is 34.9 Å². The van der Waals surface area contributed by atoms with E-state index in [0.717, 1.165) is 12.8 Å². The van der Waals surface area contributed by atoms with E-state index < -0.39 is 0 Å². The van der Waals surface area contributed by atoms with E-state index in [0.29, 0.717) is 0 Å². The first-order valence-corrected chi connectivity index (χ1v) is 3.13. The summed E-state index contributed by atoms with van der Waals surface area (Å²) in [7, 11) is 1.96. The number of aromatic nitrogens is 2. The molecular weight excluding hydrogens is 128 g/mol. The monoisotopic (exact) mass is 139 g/mol. The van der Waals surface area contributed by atoms with E-state index >= 15 is 0 Å². The summed E-state index contributed by atoms with van der Waals surface area (Å²) in [5.41, 5.74) is 0. The number of aryl methyl sites for hydroxylation is 1. The van der Waals surface area contributed by atoms with Crippen LogP contribution in [0.2, 0.25) is 0 Å². The minimum Gasteiger partial charge on any atom is -0.516 e. The van der Waals surface area contributed by atoms with E-state index in [4.69, 9.17) is 5.11 Å². The molecule has 0 spiro atoms. The summed E-state index contributed by atoms with van der Waals surface area (Å²) in [5.74, 6) is 0. The van der Waals surface area contributed by atoms with Crippen molar-refractivity contribution >= 4 is 0 Å². The highest BCUT2D eigenvalue weighted by atomic mass is 16.2. The van der Waals surface area contributed by atoms with Gasteiger partial charge in [0.15, 0.2) is 0 Å². The molecule has 0 aliphatic heterocycles. The molecule has 0 saturated heterocycles. The number of rotatable bonds is 2. The lowest BCUT2D eigenvalue weighted by molar-refractivity contribution is -0.671. The quantitative estimate of drug-likeness (QED) is 0.466. The van der Waals surface area contributed by atoms with Crippen molar-refractivity contribution in [2.75, 3.05) is 0 Å². The van der Waals surface area contributed by atoms with Gasteiger partial charge in [-0.05, 0) is 6.08 Å². The van der Waals surface area contributed by atoms with Crippen LogP contribution in [0.15, 0.2) is 31.1 Å². The van der Waals surface area contributed by atoms with Crippen LogP contribution in [0.5, 0.6) is 0 Å². The third-order valence-electron chi connectivity index (χ3n) is 1.25. The molecule has 1 heterocycles. The van der Waals surface area contributed by atoms with Gasteiger partial charge in [0, 0.05) is 0 Å². The van der Waals surface area contributed by atoms with Gasteiger partial charge in [-0.1, -0.05) is 0 Å². The molecule has 1 rings (SSSR count). The fourth-order valence-electron chi connectivity index (χ4n) is 0.779. The maximum Gasteiger partial charge on any atom is 0.243 e. The first kappa shape index (κ1) is 6.86. The maximum absolute atomic E-state index is 8.33. The summed E-state index contributed by atoms with van der Waals surface area (Å²) in [6.45, 7) is 0.720. The van der Waals surface area contributed by atoms with Crippen molar-refractivity contribution in [1.29, 1.82) is 0 Å². The molecule has 0 radical (unpaired) electrons. The Hall–Kier alpha value is -1.25. The van der Waals surface area contributed by atoms with E-state index in [1.165, 1.54) is 0 Å². The van der Waals surface area contributed by atoms with Crippen LogP contribution in [0, 0.1) is 0 Å². The van der Waals surface area contributed by atoms with Crippen LogP contribution in [0.4, 0.5) is 0 Å². The minimum atomic E-state index is 0.720. The number of aliphatic hydroxyl groups is 1. The van der Waals surface area contributed by atoms with E-state index in [9.17, 15) is 0 Å². The zero-order valence-electron chi connectivity index (χ0n) is 5.94. The Morgan fingerprint density at radius 1 is 1.70 bits per heavy atom. The maximum atomic E-state index is 8.33. The number of imidazole rings is 1. The molecule has 10 heavy (non-hydrogen) atoms. The topological polar surface area (TPSA) is 29.0 Å². The Morgan fingerprint density at radius 3 is 3.00 bits per heavy atom. The summed E-state index contributed by atoms with van der Waals surface area (Å²) in [4.78, 5) is 0. The van der Waals surface area contributed by atoms with Crippen molar-refractivity contribution in [2.45, 2.75) is 6.54 Å². The SMILES string of the molecule is C[n+]1ccn(CC=CO)c1. The van der Waals surface area contributed by atoms with Crippen molar-refractivity contribution in [3.63, 3.8) is 0 Å². The average molecular weight is 139 g/mol. The van der Waals surface area contributed by atoms with Gasteiger partial charge in [0.1, 0.15) is 18.9 Å². The lowest BCUT2D eigenvalue weighted by Gasteiger charge is -1.84. The molecule has 0 amide bonds. The van der Waals surface area contributed by atoms with Gasteiger partial charge in [-0.3, -0.25) is 0 Å². The normalized spacial score (nSPS) is 10.9.